The van der Waals surface area contributed by atoms with Crippen LogP contribution in [0.25, 0.3) is 0 Å². The van der Waals surface area contributed by atoms with Crippen molar-refractivity contribution < 1.29 is 9.53 Å². The number of nitrogens with zero attached hydrogens (tertiary/aromatic N) is 2. The van der Waals surface area contributed by atoms with Crippen molar-refractivity contribution in [3.63, 3.8) is 0 Å². The molecule has 0 radical (unpaired) electrons. The van der Waals surface area contributed by atoms with Crippen LogP contribution in [0.5, 0.6) is 0 Å². The van der Waals surface area contributed by atoms with E-state index in [1.54, 1.807) is 0 Å². The lowest BCUT2D eigenvalue weighted by Crippen LogP contribution is -2.46. The zero-order chi connectivity index (χ0) is 20.8. The molecule has 0 bridgehead atoms. The van der Waals surface area contributed by atoms with Gasteiger partial charge < -0.3 is 14.5 Å². The first-order chi connectivity index (χ1) is 14.7. The summed E-state index contributed by atoms with van der Waals surface area (Å²) in [5.41, 5.74) is 3.11. The molecular formula is C25H33N3O2. The Morgan fingerprint density at radius 3 is 2.43 bits per heavy atom. The Morgan fingerprint density at radius 2 is 1.70 bits per heavy atom. The number of rotatable bonds is 5. The van der Waals surface area contributed by atoms with Crippen molar-refractivity contribution in [2.45, 2.75) is 44.2 Å². The minimum atomic E-state index is -0.409. The van der Waals surface area contributed by atoms with Gasteiger partial charge in [0.05, 0.1) is 0 Å². The molecule has 0 atom stereocenters. The summed E-state index contributed by atoms with van der Waals surface area (Å²) in [6.07, 6.45) is 4.56. The number of likely N-dealkylation sites (tertiary alicyclic amines) is 2. The highest BCUT2D eigenvalue weighted by Gasteiger charge is 2.28. The summed E-state index contributed by atoms with van der Waals surface area (Å²) in [5.74, 6) is 0.564. The van der Waals surface area contributed by atoms with Crippen molar-refractivity contribution in [2.75, 3.05) is 38.5 Å². The maximum Gasteiger partial charge on any atom is 0.411 e. The normalized spacial score (nSPS) is 19.5. The summed E-state index contributed by atoms with van der Waals surface area (Å²) in [4.78, 5) is 17.3. The van der Waals surface area contributed by atoms with E-state index in [-0.39, 0.29) is 6.61 Å². The van der Waals surface area contributed by atoms with Gasteiger partial charge in [-0.05, 0) is 88.1 Å². The van der Waals surface area contributed by atoms with Crippen LogP contribution in [-0.2, 0) is 11.3 Å². The highest BCUT2D eigenvalue weighted by atomic mass is 16.5. The quantitative estimate of drug-likeness (QED) is 0.780. The molecule has 0 spiro atoms. The zero-order valence-electron chi connectivity index (χ0n) is 17.9. The molecule has 0 aliphatic carbocycles. The van der Waals surface area contributed by atoms with Crippen LogP contribution in [0.15, 0.2) is 54.6 Å². The van der Waals surface area contributed by atoms with Gasteiger partial charge in [0.25, 0.3) is 0 Å². The molecule has 2 aromatic rings. The van der Waals surface area contributed by atoms with E-state index in [4.69, 9.17) is 4.74 Å². The fraction of sp³-hybridized carbons (Fsp3) is 0.480. The predicted molar refractivity (Wildman–Crippen MR) is 121 cm³/mol. The van der Waals surface area contributed by atoms with Crippen molar-refractivity contribution in [1.82, 2.24) is 9.80 Å². The molecule has 5 heteroatoms. The summed E-state index contributed by atoms with van der Waals surface area (Å²) in [6.45, 7) is 5.07. The Kier molecular flexibility index (Phi) is 7.03. The maximum absolute atomic E-state index is 12.2. The summed E-state index contributed by atoms with van der Waals surface area (Å²) < 4.78 is 5.35. The number of amides is 1. The second kappa shape index (κ2) is 10.1. The van der Waals surface area contributed by atoms with Gasteiger partial charge in [0.1, 0.15) is 6.61 Å². The summed E-state index contributed by atoms with van der Waals surface area (Å²) >= 11 is 0. The second-order valence-corrected chi connectivity index (χ2v) is 8.66. The number of carbonyl (C=O) groups excluding carboxylic acids is 1. The van der Waals surface area contributed by atoms with Crippen molar-refractivity contribution in [3.8, 4) is 0 Å². The average Bonchev–Trinajstić information content (AvgIpc) is 2.79. The lowest BCUT2D eigenvalue weighted by Gasteiger charge is -2.41. The minimum Gasteiger partial charge on any atom is -0.444 e. The Balaban J connectivity index is 1.27. The molecule has 160 valence electrons. The van der Waals surface area contributed by atoms with E-state index < -0.39 is 6.09 Å². The van der Waals surface area contributed by atoms with Gasteiger partial charge in [0.2, 0.25) is 0 Å². The molecule has 2 aromatic carbocycles. The van der Waals surface area contributed by atoms with Crippen LogP contribution in [0.4, 0.5) is 10.5 Å². The Morgan fingerprint density at radius 1 is 0.967 bits per heavy atom. The molecule has 2 aliphatic heterocycles. The van der Waals surface area contributed by atoms with Crippen LogP contribution in [0.1, 0.15) is 42.7 Å². The van der Waals surface area contributed by atoms with Gasteiger partial charge in [-0.25, -0.2) is 4.79 Å². The highest BCUT2D eigenvalue weighted by Crippen LogP contribution is 2.31. The molecule has 4 rings (SSSR count). The van der Waals surface area contributed by atoms with Gasteiger partial charge in [-0.15, -0.1) is 0 Å². The molecule has 2 saturated heterocycles. The van der Waals surface area contributed by atoms with Crippen LogP contribution < -0.4 is 5.32 Å². The number of nitrogens with one attached hydrogen (secondary N) is 1. The molecular weight excluding hydrogens is 374 g/mol. The fourth-order valence-electron chi connectivity index (χ4n) is 4.71. The third-order valence-corrected chi connectivity index (χ3v) is 6.55. The number of hydrogen-bond acceptors (Lipinski definition) is 4. The third kappa shape index (κ3) is 5.61. The summed E-state index contributed by atoms with van der Waals surface area (Å²) in [7, 11) is 2.22. The first kappa shape index (κ1) is 20.9. The maximum atomic E-state index is 12.2. The van der Waals surface area contributed by atoms with Crippen molar-refractivity contribution in [2.24, 2.45) is 0 Å². The van der Waals surface area contributed by atoms with E-state index in [9.17, 15) is 4.79 Å². The molecule has 2 fully saturated rings. The largest absolute Gasteiger partial charge is 0.444 e. The van der Waals surface area contributed by atoms with E-state index in [0.717, 1.165) is 17.3 Å². The van der Waals surface area contributed by atoms with Crippen LogP contribution >= 0.6 is 0 Å². The number of carbonyl (C=O) groups is 1. The molecule has 2 aliphatic rings. The van der Waals surface area contributed by atoms with Gasteiger partial charge in [-0.2, -0.15) is 0 Å². The van der Waals surface area contributed by atoms with E-state index >= 15 is 0 Å². The molecule has 5 nitrogen and oxygen atoms in total. The van der Waals surface area contributed by atoms with Crippen LogP contribution in [0, 0.1) is 0 Å². The summed E-state index contributed by atoms with van der Waals surface area (Å²) in [6, 6.07) is 18.8. The van der Waals surface area contributed by atoms with Crippen LogP contribution in [0.3, 0.4) is 0 Å². The molecule has 30 heavy (non-hydrogen) atoms. The summed E-state index contributed by atoms with van der Waals surface area (Å²) in [5, 5.41) is 2.88. The number of anilines is 1. The topological polar surface area (TPSA) is 44.8 Å². The minimum absolute atomic E-state index is 0.280. The number of ether oxygens (including phenoxy) is 1. The lowest BCUT2D eigenvalue weighted by atomic mass is 9.88. The second-order valence-electron chi connectivity index (χ2n) is 8.66. The monoisotopic (exact) mass is 407 g/mol. The number of hydrogen-bond donors (Lipinski definition) is 1. The third-order valence-electron chi connectivity index (χ3n) is 6.55. The average molecular weight is 408 g/mol. The fourth-order valence-corrected chi connectivity index (χ4v) is 4.71. The van der Waals surface area contributed by atoms with E-state index in [2.05, 4.69) is 34.3 Å². The number of piperidine rings is 2. The SMILES string of the molecule is CN1CCC(N2CCC(c3cccc(NC(=O)OCc4ccccc4)c3)CC2)CC1. The molecule has 0 aromatic heterocycles. The molecule has 0 saturated carbocycles. The van der Waals surface area contributed by atoms with E-state index in [1.807, 2.05) is 42.5 Å². The predicted octanol–water partition coefficient (Wildman–Crippen LogP) is 4.71. The van der Waals surface area contributed by atoms with E-state index in [1.165, 1.54) is 57.4 Å². The van der Waals surface area contributed by atoms with Crippen LogP contribution in [0.2, 0.25) is 0 Å². The lowest BCUT2D eigenvalue weighted by molar-refractivity contribution is 0.0966. The molecule has 1 amide bonds. The van der Waals surface area contributed by atoms with Gasteiger partial charge >= 0.3 is 6.09 Å². The highest BCUT2D eigenvalue weighted by molar-refractivity contribution is 5.84. The zero-order valence-corrected chi connectivity index (χ0v) is 17.9. The van der Waals surface area contributed by atoms with Gasteiger partial charge in [-0.3, -0.25) is 5.32 Å². The Hall–Kier alpha value is -2.37. The van der Waals surface area contributed by atoms with Gasteiger partial charge in [-0.1, -0.05) is 42.5 Å². The molecule has 1 N–H and O–H groups in total. The van der Waals surface area contributed by atoms with Crippen molar-refractivity contribution >= 4 is 11.8 Å². The Labute approximate surface area is 180 Å². The van der Waals surface area contributed by atoms with Crippen molar-refractivity contribution in [3.05, 3.63) is 65.7 Å². The first-order valence-corrected chi connectivity index (χ1v) is 11.2. The van der Waals surface area contributed by atoms with E-state index in [0.29, 0.717) is 5.92 Å². The van der Waals surface area contributed by atoms with Gasteiger partial charge in [0.15, 0.2) is 0 Å². The number of benzene rings is 2. The van der Waals surface area contributed by atoms with Gasteiger partial charge in [0, 0.05) is 11.7 Å². The van der Waals surface area contributed by atoms with Crippen LogP contribution in [-0.4, -0.2) is 55.2 Å². The smallest absolute Gasteiger partial charge is 0.411 e. The first-order valence-electron chi connectivity index (χ1n) is 11.2. The Bertz CT molecular complexity index is 810. The van der Waals surface area contributed by atoms with Crippen molar-refractivity contribution in [1.29, 1.82) is 0 Å². The molecule has 0 unspecified atom stereocenters. The molecule has 2 heterocycles. The standard InChI is InChI=1S/C25H33N3O2/c1-27-14-12-24(13-15-27)28-16-10-21(11-17-28)22-8-5-9-23(18-22)26-25(29)30-19-20-6-3-2-4-7-20/h2-9,18,21,24H,10-17,19H2,1H3,(H,26,29).